The van der Waals surface area contributed by atoms with Gasteiger partial charge in [0.2, 0.25) is 0 Å². The Balaban J connectivity index is 1.94. The normalized spacial score (nSPS) is 19.9. The number of unbranched alkanes of at least 4 members (excludes halogenated alkanes) is 3. The highest BCUT2D eigenvalue weighted by Crippen LogP contribution is 2.26. The van der Waals surface area contributed by atoms with Gasteiger partial charge in [-0.3, -0.25) is 0 Å². The van der Waals surface area contributed by atoms with E-state index in [0.29, 0.717) is 12.6 Å². The van der Waals surface area contributed by atoms with Crippen LogP contribution >= 0.6 is 0 Å². The maximum absolute atomic E-state index is 8.67. The van der Waals surface area contributed by atoms with Gasteiger partial charge in [0.25, 0.3) is 0 Å². The standard InChI is InChI=1S/C14H29NO/c1-13(14-9-5-4-6-10-14)15-11-7-2-3-8-12-16/h13-16H,2-12H2,1H3. The summed E-state index contributed by atoms with van der Waals surface area (Å²) in [6.07, 6.45) is 11.8. The largest absolute Gasteiger partial charge is 0.396 e. The lowest BCUT2D eigenvalue weighted by Gasteiger charge is -2.28. The molecular formula is C14H29NO. The van der Waals surface area contributed by atoms with E-state index in [0.717, 1.165) is 18.9 Å². The van der Waals surface area contributed by atoms with Gasteiger partial charge in [0.15, 0.2) is 0 Å². The first kappa shape index (κ1) is 14.0. The maximum atomic E-state index is 8.67. The summed E-state index contributed by atoms with van der Waals surface area (Å²) < 4.78 is 0. The highest BCUT2D eigenvalue weighted by Gasteiger charge is 2.18. The lowest BCUT2D eigenvalue weighted by atomic mass is 9.84. The van der Waals surface area contributed by atoms with Gasteiger partial charge in [-0.25, -0.2) is 0 Å². The molecule has 96 valence electrons. The molecule has 0 spiro atoms. The summed E-state index contributed by atoms with van der Waals surface area (Å²) in [5.74, 6) is 0.922. The molecule has 0 bridgehead atoms. The number of aliphatic hydroxyl groups is 1. The minimum absolute atomic E-state index is 0.353. The Morgan fingerprint density at radius 1 is 1.06 bits per heavy atom. The van der Waals surface area contributed by atoms with Crippen LogP contribution in [0.3, 0.4) is 0 Å². The molecule has 0 aromatic carbocycles. The fraction of sp³-hybridized carbons (Fsp3) is 1.00. The van der Waals surface area contributed by atoms with Crippen molar-refractivity contribution in [2.24, 2.45) is 5.92 Å². The lowest BCUT2D eigenvalue weighted by Crippen LogP contribution is -2.35. The smallest absolute Gasteiger partial charge is 0.0431 e. The van der Waals surface area contributed by atoms with Crippen LogP contribution in [0.15, 0.2) is 0 Å². The van der Waals surface area contributed by atoms with Crippen molar-refractivity contribution < 1.29 is 5.11 Å². The van der Waals surface area contributed by atoms with Gasteiger partial charge in [-0.1, -0.05) is 32.1 Å². The molecular weight excluding hydrogens is 198 g/mol. The van der Waals surface area contributed by atoms with E-state index in [4.69, 9.17) is 5.11 Å². The van der Waals surface area contributed by atoms with Crippen LogP contribution in [0, 0.1) is 5.92 Å². The van der Waals surface area contributed by atoms with Crippen molar-refractivity contribution in [2.75, 3.05) is 13.2 Å². The number of hydrogen-bond acceptors (Lipinski definition) is 2. The van der Waals surface area contributed by atoms with Crippen LogP contribution in [0.25, 0.3) is 0 Å². The van der Waals surface area contributed by atoms with Crippen LogP contribution in [0.4, 0.5) is 0 Å². The molecule has 0 amide bonds. The molecule has 1 unspecified atom stereocenters. The van der Waals surface area contributed by atoms with E-state index in [1.807, 2.05) is 0 Å². The van der Waals surface area contributed by atoms with Crippen LogP contribution in [0.1, 0.15) is 64.7 Å². The molecule has 0 heterocycles. The first-order valence-corrected chi connectivity index (χ1v) is 7.19. The summed E-state index contributed by atoms with van der Waals surface area (Å²) in [4.78, 5) is 0. The third kappa shape index (κ3) is 5.86. The molecule has 0 aliphatic heterocycles. The minimum Gasteiger partial charge on any atom is -0.396 e. The number of nitrogens with one attached hydrogen (secondary N) is 1. The summed E-state index contributed by atoms with van der Waals surface area (Å²) in [6.45, 7) is 3.86. The average Bonchev–Trinajstić information content (AvgIpc) is 2.34. The second-order valence-corrected chi connectivity index (χ2v) is 5.28. The third-order valence-electron chi connectivity index (χ3n) is 3.91. The van der Waals surface area contributed by atoms with Gasteiger partial charge < -0.3 is 10.4 Å². The fourth-order valence-electron chi connectivity index (χ4n) is 2.72. The molecule has 2 heteroatoms. The Morgan fingerprint density at radius 2 is 1.75 bits per heavy atom. The van der Waals surface area contributed by atoms with Gasteiger partial charge in [0, 0.05) is 12.6 Å². The highest BCUT2D eigenvalue weighted by atomic mass is 16.2. The molecule has 1 aliphatic carbocycles. The van der Waals surface area contributed by atoms with Gasteiger partial charge >= 0.3 is 0 Å². The molecule has 2 nitrogen and oxygen atoms in total. The average molecular weight is 227 g/mol. The Kier molecular flexibility index (Phi) is 7.87. The quantitative estimate of drug-likeness (QED) is 0.625. The summed E-state index contributed by atoms with van der Waals surface area (Å²) in [6, 6.07) is 0.707. The van der Waals surface area contributed by atoms with Crippen LogP contribution in [-0.2, 0) is 0 Å². The molecule has 1 fully saturated rings. The molecule has 2 N–H and O–H groups in total. The van der Waals surface area contributed by atoms with E-state index in [1.54, 1.807) is 0 Å². The van der Waals surface area contributed by atoms with E-state index in [9.17, 15) is 0 Å². The van der Waals surface area contributed by atoms with Crippen molar-refractivity contribution in [1.29, 1.82) is 0 Å². The lowest BCUT2D eigenvalue weighted by molar-refractivity contribution is 0.275. The van der Waals surface area contributed by atoms with Gasteiger partial charge in [-0.05, 0) is 45.1 Å². The predicted molar refractivity (Wildman–Crippen MR) is 69.6 cm³/mol. The van der Waals surface area contributed by atoms with Crippen molar-refractivity contribution in [3.05, 3.63) is 0 Å². The fourth-order valence-corrected chi connectivity index (χ4v) is 2.72. The first-order valence-electron chi connectivity index (χ1n) is 7.19. The van der Waals surface area contributed by atoms with Crippen molar-refractivity contribution >= 4 is 0 Å². The SMILES string of the molecule is CC(NCCCCCCO)C1CCCCC1. The van der Waals surface area contributed by atoms with Crippen molar-refractivity contribution in [3.63, 3.8) is 0 Å². The Bertz CT molecular complexity index is 155. The van der Waals surface area contributed by atoms with E-state index < -0.39 is 0 Å². The zero-order chi connectivity index (χ0) is 11.6. The Hall–Kier alpha value is -0.0800. The van der Waals surface area contributed by atoms with E-state index in [-0.39, 0.29) is 0 Å². The molecule has 0 saturated heterocycles. The molecule has 16 heavy (non-hydrogen) atoms. The van der Waals surface area contributed by atoms with Crippen molar-refractivity contribution in [2.45, 2.75) is 70.8 Å². The second-order valence-electron chi connectivity index (χ2n) is 5.28. The molecule has 0 radical (unpaired) electrons. The molecule has 1 saturated carbocycles. The van der Waals surface area contributed by atoms with Gasteiger partial charge in [-0.15, -0.1) is 0 Å². The summed E-state index contributed by atoms with van der Waals surface area (Å²) >= 11 is 0. The minimum atomic E-state index is 0.353. The number of rotatable bonds is 8. The molecule has 1 aliphatic rings. The molecule has 0 aromatic rings. The summed E-state index contributed by atoms with van der Waals surface area (Å²) in [5, 5.41) is 12.3. The van der Waals surface area contributed by atoms with Crippen molar-refractivity contribution in [1.82, 2.24) is 5.32 Å². The van der Waals surface area contributed by atoms with E-state index in [1.165, 1.54) is 51.4 Å². The van der Waals surface area contributed by atoms with E-state index in [2.05, 4.69) is 12.2 Å². The van der Waals surface area contributed by atoms with E-state index >= 15 is 0 Å². The van der Waals surface area contributed by atoms with Gasteiger partial charge in [-0.2, -0.15) is 0 Å². The zero-order valence-electron chi connectivity index (χ0n) is 10.9. The molecule has 1 rings (SSSR count). The number of aliphatic hydroxyl groups excluding tert-OH is 1. The summed E-state index contributed by atoms with van der Waals surface area (Å²) in [5.41, 5.74) is 0. The number of hydrogen-bond donors (Lipinski definition) is 2. The zero-order valence-corrected chi connectivity index (χ0v) is 10.9. The topological polar surface area (TPSA) is 32.3 Å². The van der Waals surface area contributed by atoms with Gasteiger partial charge in [0.1, 0.15) is 0 Å². The van der Waals surface area contributed by atoms with Crippen LogP contribution in [-0.4, -0.2) is 24.3 Å². The maximum Gasteiger partial charge on any atom is 0.0431 e. The molecule has 1 atom stereocenters. The van der Waals surface area contributed by atoms with Crippen LogP contribution < -0.4 is 5.32 Å². The Labute approximate surface area is 101 Å². The van der Waals surface area contributed by atoms with Gasteiger partial charge in [0.05, 0.1) is 0 Å². The highest BCUT2D eigenvalue weighted by molar-refractivity contribution is 4.75. The summed E-state index contributed by atoms with van der Waals surface area (Å²) in [7, 11) is 0. The first-order chi connectivity index (χ1) is 7.84. The van der Waals surface area contributed by atoms with Crippen LogP contribution in [0.2, 0.25) is 0 Å². The Morgan fingerprint density at radius 3 is 2.44 bits per heavy atom. The predicted octanol–water partition coefficient (Wildman–Crippen LogP) is 3.10. The van der Waals surface area contributed by atoms with Crippen LogP contribution in [0.5, 0.6) is 0 Å². The van der Waals surface area contributed by atoms with Crippen molar-refractivity contribution in [3.8, 4) is 0 Å². The monoisotopic (exact) mass is 227 g/mol. The second kappa shape index (κ2) is 9.00. The molecule has 0 aromatic heterocycles. The third-order valence-corrected chi connectivity index (χ3v) is 3.91.